The highest BCUT2D eigenvalue weighted by molar-refractivity contribution is 5.95. The molecule has 0 atom stereocenters. The van der Waals surface area contributed by atoms with Gasteiger partial charge in [0, 0.05) is 11.7 Å². The van der Waals surface area contributed by atoms with E-state index in [0.717, 1.165) is 16.5 Å². The van der Waals surface area contributed by atoms with Gasteiger partial charge < -0.3 is 10.6 Å². The van der Waals surface area contributed by atoms with E-state index < -0.39 is 0 Å². The van der Waals surface area contributed by atoms with E-state index in [2.05, 4.69) is 10.6 Å². The summed E-state index contributed by atoms with van der Waals surface area (Å²) in [6.45, 7) is 4.18. The number of rotatable bonds is 6. The molecule has 0 aliphatic heterocycles. The Morgan fingerprint density at radius 1 is 1.00 bits per heavy atom. The van der Waals surface area contributed by atoms with Crippen LogP contribution in [0.15, 0.2) is 42.5 Å². The number of likely N-dealkylation sites (N-methyl/N-ethyl adjacent to an activating group) is 1. The molecule has 0 aliphatic rings. The lowest BCUT2D eigenvalue weighted by molar-refractivity contribution is -0.123. The van der Waals surface area contributed by atoms with Crippen LogP contribution >= 0.6 is 0 Å². The number of fused-ring (bicyclic) bond motifs is 1. The molecule has 0 unspecified atom stereocenters. The molecule has 0 bridgehead atoms. The Morgan fingerprint density at radius 2 is 1.65 bits per heavy atom. The van der Waals surface area contributed by atoms with E-state index in [1.807, 2.05) is 56.3 Å². The fourth-order valence-electron chi connectivity index (χ4n) is 2.38. The molecule has 23 heavy (non-hydrogen) atoms. The van der Waals surface area contributed by atoms with Gasteiger partial charge in [-0.3, -0.25) is 14.5 Å². The average molecular weight is 313 g/mol. The predicted octanol–water partition coefficient (Wildman–Crippen LogP) is 2.23. The zero-order valence-corrected chi connectivity index (χ0v) is 13.8. The van der Waals surface area contributed by atoms with Crippen LogP contribution in [0, 0.1) is 0 Å². The van der Waals surface area contributed by atoms with Gasteiger partial charge in [0.25, 0.3) is 0 Å². The summed E-state index contributed by atoms with van der Waals surface area (Å²) < 4.78 is 0. The number of anilines is 1. The lowest BCUT2D eigenvalue weighted by Crippen LogP contribution is -2.41. The van der Waals surface area contributed by atoms with E-state index in [9.17, 15) is 9.59 Å². The Balaban J connectivity index is 1.89. The maximum absolute atomic E-state index is 12.1. The molecule has 2 aromatic carbocycles. The number of carbonyl (C=O) groups excluding carboxylic acids is 2. The van der Waals surface area contributed by atoms with Crippen LogP contribution in [0.25, 0.3) is 10.8 Å². The summed E-state index contributed by atoms with van der Waals surface area (Å²) >= 11 is 0. The molecule has 0 aliphatic carbocycles. The van der Waals surface area contributed by atoms with E-state index in [-0.39, 0.29) is 30.9 Å². The SMILES string of the molecule is CC(C)NC(=O)CN(C)CC(=O)Nc1ccc2ccccc2c1. The van der Waals surface area contributed by atoms with Crippen LogP contribution < -0.4 is 10.6 Å². The topological polar surface area (TPSA) is 61.4 Å². The molecule has 2 amide bonds. The van der Waals surface area contributed by atoms with Crippen molar-refractivity contribution in [2.75, 3.05) is 25.5 Å². The van der Waals surface area contributed by atoms with Gasteiger partial charge in [-0.1, -0.05) is 30.3 Å². The number of hydrogen-bond donors (Lipinski definition) is 2. The number of nitrogens with zero attached hydrogens (tertiary/aromatic N) is 1. The van der Waals surface area contributed by atoms with Crippen LogP contribution in [-0.4, -0.2) is 42.9 Å². The Kier molecular flexibility index (Phi) is 5.71. The van der Waals surface area contributed by atoms with Crippen molar-refractivity contribution in [2.24, 2.45) is 0 Å². The van der Waals surface area contributed by atoms with Gasteiger partial charge in [-0.15, -0.1) is 0 Å². The Hall–Kier alpha value is -2.40. The third-order valence-corrected chi connectivity index (χ3v) is 3.31. The van der Waals surface area contributed by atoms with E-state index >= 15 is 0 Å². The second-order valence-corrected chi connectivity index (χ2v) is 6.00. The summed E-state index contributed by atoms with van der Waals surface area (Å²) in [5.74, 6) is -0.221. The van der Waals surface area contributed by atoms with Crippen LogP contribution in [-0.2, 0) is 9.59 Å². The molecule has 0 saturated carbocycles. The van der Waals surface area contributed by atoms with Gasteiger partial charge in [0.1, 0.15) is 0 Å². The number of amides is 2. The molecule has 5 nitrogen and oxygen atoms in total. The van der Waals surface area contributed by atoms with Gasteiger partial charge in [-0.05, 0) is 43.8 Å². The van der Waals surface area contributed by atoms with Crippen LogP contribution in [0.5, 0.6) is 0 Å². The highest BCUT2D eigenvalue weighted by Gasteiger charge is 2.11. The number of hydrogen-bond acceptors (Lipinski definition) is 3. The summed E-state index contributed by atoms with van der Waals surface area (Å²) in [5.41, 5.74) is 0.758. The van der Waals surface area contributed by atoms with Crippen molar-refractivity contribution >= 4 is 28.3 Å². The predicted molar refractivity (Wildman–Crippen MR) is 93.4 cm³/mol. The third kappa shape index (κ3) is 5.38. The fraction of sp³-hybridized carbons (Fsp3) is 0.333. The molecule has 0 radical (unpaired) electrons. The van der Waals surface area contributed by atoms with Crippen molar-refractivity contribution in [3.8, 4) is 0 Å². The lowest BCUT2D eigenvalue weighted by Gasteiger charge is -2.17. The van der Waals surface area contributed by atoms with Crippen LogP contribution in [0.1, 0.15) is 13.8 Å². The minimum Gasteiger partial charge on any atom is -0.353 e. The molecular formula is C18H23N3O2. The van der Waals surface area contributed by atoms with Crippen molar-refractivity contribution < 1.29 is 9.59 Å². The maximum Gasteiger partial charge on any atom is 0.238 e. The van der Waals surface area contributed by atoms with Crippen LogP contribution in [0.3, 0.4) is 0 Å². The van der Waals surface area contributed by atoms with Crippen molar-refractivity contribution in [1.82, 2.24) is 10.2 Å². The Bertz CT molecular complexity index is 697. The molecule has 0 spiro atoms. The minimum absolute atomic E-state index is 0.0824. The van der Waals surface area contributed by atoms with Crippen molar-refractivity contribution in [2.45, 2.75) is 19.9 Å². The molecule has 122 valence electrons. The first kappa shape index (κ1) is 17.0. The fourth-order valence-corrected chi connectivity index (χ4v) is 2.38. The van der Waals surface area contributed by atoms with Gasteiger partial charge in [-0.2, -0.15) is 0 Å². The zero-order valence-electron chi connectivity index (χ0n) is 13.8. The maximum atomic E-state index is 12.1. The molecule has 2 N–H and O–H groups in total. The Labute approximate surface area is 136 Å². The largest absolute Gasteiger partial charge is 0.353 e. The molecule has 0 heterocycles. The van der Waals surface area contributed by atoms with Gasteiger partial charge in [0.15, 0.2) is 0 Å². The summed E-state index contributed by atoms with van der Waals surface area (Å²) in [6.07, 6.45) is 0. The normalized spacial score (nSPS) is 11.0. The quantitative estimate of drug-likeness (QED) is 0.860. The van der Waals surface area contributed by atoms with E-state index in [4.69, 9.17) is 0 Å². The molecule has 2 rings (SSSR count). The van der Waals surface area contributed by atoms with Gasteiger partial charge in [0.05, 0.1) is 13.1 Å². The smallest absolute Gasteiger partial charge is 0.238 e. The third-order valence-electron chi connectivity index (χ3n) is 3.31. The summed E-state index contributed by atoms with van der Waals surface area (Å²) in [7, 11) is 1.75. The zero-order chi connectivity index (χ0) is 16.8. The molecule has 5 heteroatoms. The van der Waals surface area contributed by atoms with Gasteiger partial charge >= 0.3 is 0 Å². The second kappa shape index (κ2) is 7.74. The number of benzene rings is 2. The molecule has 0 fully saturated rings. The van der Waals surface area contributed by atoms with Crippen molar-refractivity contribution in [3.63, 3.8) is 0 Å². The molecule has 0 saturated heterocycles. The number of carbonyl (C=O) groups is 2. The first-order valence-electron chi connectivity index (χ1n) is 7.70. The second-order valence-electron chi connectivity index (χ2n) is 6.00. The van der Waals surface area contributed by atoms with E-state index in [0.29, 0.717) is 0 Å². The summed E-state index contributed by atoms with van der Waals surface area (Å²) in [6, 6.07) is 13.9. The minimum atomic E-state index is -0.139. The summed E-state index contributed by atoms with van der Waals surface area (Å²) in [4.78, 5) is 25.4. The molecule has 2 aromatic rings. The van der Waals surface area contributed by atoms with Gasteiger partial charge in [-0.25, -0.2) is 0 Å². The summed E-state index contributed by atoms with van der Waals surface area (Å²) in [5, 5.41) is 7.88. The standard InChI is InChI=1S/C18H23N3O2/c1-13(2)19-17(22)11-21(3)12-18(23)20-16-9-8-14-6-4-5-7-15(14)10-16/h4-10,13H,11-12H2,1-3H3,(H,19,22)(H,20,23). The monoisotopic (exact) mass is 313 g/mol. The van der Waals surface area contributed by atoms with Crippen LogP contribution in [0.4, 0.5) is 5.69 Å². The molecule has 0 aromatic heterocycles. The van der Waals surface area contributed by atoms with E-state index in [1.165, 1.54) is 0 Å². The van der Waals surface area contributed by atoms with Crippen molar-refractivity contribution in [3.05, 3.63) is 42.5 Å². The lowest BCUT2D eigenvalue weighted by atomic mass is 10.1. The highest BCUT2D eigenvalue weighted by atomic mass is 16.2. The van der Waals surface area contributed by atoms with Crippen molar-refractivity contribution in [1.29, 1.82) is 0 Å². The first-order chi connectivity index (χ1) is 10.9. The van der Waals surface area contributed by atoms with E-state index in [1.54, 1.807) is 11.9 Å². The first-order valence-corrected chi connectivity index (χ1v) is 7.70. The van der Waals surface area contributed by atoms with Gasteiger partial charge in [0.2, 0.25) is 11.8 Å². The molecular weight excluding hydrogens is 290 g/mol. The number of nitrogens with one attached hydrogen (secondary N) is 2. The average Bonchev–Trinajstić information content (AvgIpc) is 2.45. The Morgan fingerprint density at radius 3 is 2.35 bits per heavy atom. The van der Waals surface area contributed by atoms with Crippen LogP contribution in [0.2, 0.25) is 0 Å². The highest BCUT2D eigenvalue weighted by Crippen LogP contribution is 2.18.